The average Bonchev–Trinajstić information content (AvgIpc) is 2.59. The number of benzene rings is 2. The molecule has 2 amide bonds. The minimum atomic E-state index is -0.0980. The predicted molar refractivity (Wildman–Crippen MR) is 100 cm³/mol. The molecular formula is C18H19Cl2N3O. The molecule has 2 aromatic carbocycles. The van der Waals surface area contributed by atoms with Gasteiger partial charge in [-0.25, -0.2) is 4.79 Å². The number of nitrogens with one attached hydrogen (secondary N) is 1. The van der Waals surface area contributed by atoms with Gasteiger partial charge in [-0.05, 0) is 36.8 Å². The van der Waals surface area contributed by atoms with Gasteiger partial charge < -0.3 is 15.1 Å². The SMILES string of the molecule is Cc1c(Cl)cccc1NC(=O)N1CCN(c2ccccc2Cl)CC1. The van der Waals surface area contributed by atoms with Crippen LogP contribution >= 0.6 is 23.2 Å². The largest absolute Gasteiger partial charge is 0.367 e. The first-order valence-corrected chi connectivity index (χ1v) is 8.62. The fraction of sp³-hybridized carbons (Fsp3) is 0.278. The van der Waals surface area contributed by atoms with E-state index in [1.807, 2.05) is 54.3 Å². The Balaban J connectivity index is 1.61. The van der Waals surface area contributed by atoms with E-state index in [2.05, 4.69) is 10.2 Å². The summed E-state index contributed by atoms with van der Waals surface area (Å²) in [6, 6.07) is 13.2. The van der Waals surface area contributed by atoms with Crippen molar-refractivity contribution in [2.75, 3.05) is 36.4 Å². The molecule has 3 rings (SSSR count). The Labute approximate surface area is 152 Å². The first kappa shape index (κ1) is 16.9. The van der Waals surface area contributed by atoms with E-state index in [9.17, 15) is 4.79 Å². The molecule has 4 nitrogen and oxygen atoms in total. The monoisotopic (exact) mass is 363 g/mol. The van der Waals surface area contributed by atoms with Crippen molar-refractivity contribution in [3.05, 3.63) is 58.1 Å². The second-order valence-electron chi connectivity index (χ2n) is 5.77. The van der Waals surface area contributed by atoms with Crippen LogP contribution in [0.2, 0.25) is 10.0 Å². The van der Waals surface area contributed by atoms with Crippen molar-refractivity contribution in [2.45, 2.75) is 6.92 Å². The van der Waals surface area contributed by atoms with Gasteiger partial charge >= 0.3 is 6.03 Å². The number of nitrogens with zero attached hydrogens (tertiary/aromatic N) is 2. The minimum absolute atomic E-state index is 0.0980. The number of carbonyl (C=O) groups is 1. The number of rotatable bonds is 2. The number of hydrogen-bond acceptors (Lipinski definition) is 2. The highest BCUT2D eigenvalue weighted by Crippen LogP contribution is 2.26. The summed E-state index contributed by atoms with van der Waals surface area (Å²) < 4.78 is 0. The Morgan fingerprint density at radius 3 is 2.33 bits per heavy atom. The summed E-state index contributed by atoms with van der Waals surface area (Å²) in [5.41, 5.74) is 2.65. The smallest absolute Gasteiger partial charge is 0.321 e. The van der Waals surface area contributed by atoms with E-state index in [0.29, 0.717) is 18.1 Å². The van der Waals surface area contributed by atoms with Crippen molar-refractivity contribution in [3.63, 3.8) is 0 Å². The van der Waals surface area contributed by atoms with Crippen molar-refractivity contribution in [1.29, 1.82) is 0 Å². The van der Waals surface area contributed by atoms with Crippen LogP contribution in [-0.4, -0.2) is 37.1 Å². The van der Waals surface area contributed by atoms with Crippen LogP contribution in [0.25, 0.3) is 0 Å². The lowest BCUT2D eigenvalue weighted by atomic mass is 10.2. The molecule has 2 aromatic rings. The Hall–Kier alpha value is -1.91. The zero-order chi connectivity index (χ0) is 17.1. The number of urea groups is 1. The fourth-order valence-electron chi connectivity index (χ4n) is 2.80. The van der Waals surface area contributed by atoms with Crippen molar-refractivity contribution in [2.24, 2.45) is 0 Å². The molecule has 126 valence electrons. The van der Waals surface area contributed by atoms with E-state index in [4.69, 9.17) is 23.2 Å². The summed E-state index contributed by atoms with van der Waals surface area (Å²) in [5.74, 6) is 0. The van der Waals surface area contributed by atoms with E-state index in [1.165, 1.54) is 0 Å². The second-order valence-corrected chi connectivity index (χ2v) is 6.58. The first-order valence-electron chi connectivity index (χ1n) is 7.87. The predicted octanol–water partition coefficient (Wildman–Crippen LogP) is 4.66. The number of para-hydroxylation sites is 1. The summed E-state index contributed by atoms with van der Waals surface area (Å²) in [6.45, 7) is 4.71. The lowest BCUT2D eigenvalue weighted by Gasteiger charge is -2.36. The van der Waals surface area contributed by atoms with Crippen molar-refractivity contribution < 1.29 is 4.79 Å². The molecule has 0 unspecified atom stereocenters. The third-order valence-corrected chi connectivity index (χ3v) is 5.00. The maximum atomic E-state index is 12.5. The van der Waals surface area contributed by atoms with Gasteiger partial charge in [0.1, 0.15) is 0 Å². The Kier molecular flexibility index (Phi) is 5.17. The highest BCUT2D eigenvalue weighted by Gasteiger charge is 2.22. The van der Waals surface area contributed by atoms with E-state index in [0.717, 1.165) is 35.1 Å². The van der Waals surface area contributed by atoms with E-state index in [-0.39, 0.29) is 6.03 Å². The topological polar surface area (TPSA) is 35.6 Å². The summed E-state index contributed by atoms with van der Waals surface area (Å²) in [6.07, 6.45) is 0. The molecule has 0 saturated carbocycles. The number of carbonyl (C=O) groups excluding carboxylic acids is 1. The van der Waals surface area contributed by atoms with Gasteiger partial charge in [0, 0.05) is 36.9 Å². The summed E-state index contributed by atoms with van der Waals surface area (Å²) in [7, 11) is 0. The molecule has 0 atom stereocenters. The Morgan fingerprint density at radius 1 is 0.958 bits per heavy atom. The number of anilines is 2. The van der Waals surface area contributed by atoms with Crippen molar-refractivity contribution >= 4 is 40.6 Å². The highest BCUT2D eigenvalue weighted by atomic mass is 35.5. The maximum absolute atomic E-state index is 12.5. The molecule has 1 N–H and O–H groups in total. The highest BCUT2D eigenvalue weighted by molar-refractivity contribution is 6.33. The van der Waals surface area contributed by atoms with Crippen LogP contribution in [0.5, 0.6) is 0 Å². The first-order chi connectivity index (χ1) is 11.6. The third kappa shape index (κ3) is 3.60. The van der Waals surface area contributed by atoms with Crippen LogP contribution in [-0.2, 0) is 0 Å². The van der Waals surface area contributed by atoms with Crippen molar-refractivity contribution in [1.82, 2.24) is 4.90 Å². The molecule has 0 radical (unpaired) electrons. The molecule has 1 aliphatic heterocycles. The van der Waals surface area contributed by atoms with E-state index < -0.39 is 0 Å². The number of hydrogen-bond donors (Lipinski definition) is 1. The summed E-state index contributed by atoms with van der Waals surface area (Å²) >= 11 is 12.3. The molecule has 1 fully saturated rings. The average molecular weight is 364 g/mol. The van der Waals surface area contributed by atoms with Gasteiger partial charge in [0.25, 0.3) is 0 Å². The molecular weight excluding hydrogens is 345 g/mol. The van der Waals surface area contributed by atoms with Crippen LogP contribution in [0.4, 0.5) is 16.2 Å². The lowest BCUT2D eigenvalue weighted by molar-refractivity contribution is 0.208. The Morgan fingerprint density at radius 2 is 1.62 bits per heavy atom. The normalized spacial score (nSPS) is 14.6. The zero-order valence-corrected chi connectivity index (χ0v) is 14.9. The van der Waals surface area contributed by atoms with Gasteiger partial charge in [-0.1, -0.05) is 41.4 Å². The third-order valence-electron chi connectivity index (χ3n) is 4.27. The van der Waals surface area contributed by atoms with Crippen LogP contribution in [0.1, 0.15) is 5.56 Å². The van der Waals surface area contributed by atoms with Crippen LogP contribution in [0.15, 0.2) is 42.5 Å². The lowest BCUT2D eigenvalue weighted by Crippen LogP contribution is -2.50. The Bertz CT molecular complexity index is 743. The van der Waals surface area contributed by atoms with Gasteiger partial charge in [-0.15, -0.1) is 0 Å². The molecule has 1 heterocycles. The molecule has 0 aromatic heterocycles. The number of amides is 2. The van der Waals surface area contributed by atoms with E-state index in [1.54, 1.807) is 0 Å². The van der Waals surface area contributed by atoms with Crippen LogP contribution in [0, 0.1) is 6.92 Å². The fourth-order valence-corrected chi connectivity index (χ4v) is 3.23. The van der Waals surface area contributed by atoms with Crippen molar-refractivity contribution in [3.8, 4) is 0 Å². The molecule has 0 aliphatic carbocycles. The van der Waals surface area contributed by atoms with Gasteiger partial charge in [-0.3, -0.25) is 0 Å². The second kappa shape index (κ2) is 7.32. The van der Waals surface area contributed by atoms with Gasteiger partial charge in [0.15, 0.2) is 0 Å². The molecule has 1 saturated heterocycles. The van der Waals surface area contributed by atoms with Gasteiger partial charge in [0.2, 0.25) is 0 Å². The standard InChI is InChI=1S/C18H19Cl2N3O/c1-13-14(19)6-4-7-16(13)21-18(24)23-11-9-22(10-12-23)17-8-3-2-5-15(17)20/h2-8H,9-12H2,1H3,(H,21,24). The molecule has 24 heavy (non-hydrogen) atoms. The zero-order valence-electron chi connectivity index (χ0n) is 13.4. The van der Waals surface area contributed by atoms with Gasteiger partial charge in [0.05, 0.1) is 10.7 Å². The van der Waals surface area contributed by atoms with Gasteiger partial charge in [-0.2, -0.15) is 0 Å². The minimum Gasteiger partial charge on any atom is -0.367 e. The molecule has 1 aliphatic rings. The maximum Gasteiger partial charge on any atom is 0.321 e. The number of halogens is 2. The van der Waals surface area contributed by atoms with E-state index >= 15 is 0 Å². The summed E-state index contributed by atoms with van der Waals surface area (Å²) in [5, 5.41) is 4.33. The molecule has 0 bridgehead atoms. The molecule has 6 heteroatoms. The number of piperazine rings is 1. The van der Waals surface area contributed by atoms with Crippen LogP contribution in [0.3, 0.4) is 0 Å². The van der Waals surface area contributed by atoms with Crippen LogP contribution < -0.4 is 10.2 Å². The quantitative estimate of drug-likeness (QED) is 0.842. The summed E-state index contributed by atoms with van der Waals surface area (Å²) in [4.78, 5) is 16.5. The molecule has 0 spiro atoms.